The van der Waals surface area contributed by atoms with Gasteiger partial charge in [-0.25, -0.2) is 9.97 Å². The third kappa shape index (κ3) is 4.44. The van der Waals surface area contributed by atoms with Crippen LogP contribution in [0.5, 0.6) is 17.2 Å². The fourth-order valence-electron chi connectivity index (χ4n) is 4.67. The molecule has 35 heavy (non-hydrogen) atoms. The molecule has 2 aliphatic heterocycles. The Balaban J connectivity index is 1.45. The first-order valence-electron chi connectivity index (χ1n) is 11.6. The van der Waals surface area contributed by atoms with Crippen molar-refractivity contribution >= 4 is 17.6 Å². The van der Waals surface area contributed by atoms with Crippen LogP contribution in [0.3, 0.4) is 0 Å². The zero-order chi connectivity index (χ0) is 24.4. The molecule has 1 unspecified atom stereocenters. The Morgan fingerprint density at radius 1 is 1.14 bits per heavy atom. The highest BCUT2D eigenvalue weighted by Gasteiger charge is 2.30. The molecule has 0 radical (unpaired) electrons. The predicted octanol–water partition coefficient (Wildman–Crippen LogP) is 2.47. The van der Waals surface area contributed by atoms with Crippen molar-refractivity contribution in [1.82, 2.24) is 19.5 Å². The van der Waals surface area contributed by atoms with E-state index in [0.717, 1.165) is 48.6 Å². The Kier molecular flexibility index (Phi) is 6.60. The molecule has 5 rings (SSSR count). The van der Waals surface area contributed by atoms with Crippen molar-refractivity contribution in [2.75, 3.05) is 51.3 Å². The van der Waals surface area contributed by atoms with Crippen molar-refractivity contribution in [3.8, 4) is 22.9 Å². The maximum Gasteiger partial charge on any atom is 0.230 e. The van der Waals surface area contributed by atoms with Gasteiger partial charge in [0.25, 0.3) is 0 Å². The summed E-state index contributed by atoms with van der Waals surface area (Å²) in [5, 5.41) is 13.1. The van der Waals surface area contributed by atoms with E-state index in [4.69, 9.17) is 28.9 Å². The molecule has 186 valence electrons. The number of methoxy groups -OCH3 is 3. The highest BCUT2D eigenvalue weighted by atomic mass is 16.5. The number of hydrogen-bond acceptors (Lipinski definition) is 10. The van der Waals surface area contributed by atoms with Crippen LogP contribution in [0.15, 0.2) is 24.7 Å². The third-order valence-corrected chi connectivity index (χ3v) is 6.43. The van der Waals surface area contributed by atoms with Crippen LogP contribution < -0.4 is 24.4 Å². The zero-order valence-electron chi connectivity index (χ0n) is 20.2. The first-order valence-corrected chi connectivity index (χ1v) is 11.6. The van der Waals surface area contributed by atoms with Crippen LogP contribution in [0.1, 0.15) is 24.1 Å². The van der Waals surface area contributed by atoms with Crippen LogP contribution in [0.4, 0.5) is 17.6 Å². The molecule has 11 heteroatoms. The quantitative estimate of drug-likeness (QED) is 0.496. The summed E-state index contributed by atoms with van der Waals surface area (Å²) in [6.07, 6.45) is 6.22. The van der Waals surface area contributed by atoms with Gasteiger partial charge in [-0.2, -0.15) is 4.98 Å². The van der Waals surface area contributed by atoms with Crippen LogP contribution in [0, 0.1) is 0 Å². The fourth-order valence-corrected chi connectivity index (χ4v) is 4.67. The number of rotatable bonds is 8. The lowest BCUT2D eigenvalue weighted by Gasteiger charge is -2.29. The van der Waals surface area contributed by atoms with Crippen LogP contribution in [0.25, 0.3) is 5.69 Å². The van der Waals surface area contributed by atoms with Crippen LogP contribution in [-0.4, -0.2) is 71.8 Å². The Hall–Kier alpha value is -3.57. The number of aliphatic hydroxyl groups is 1. The summed E-state index contributed by atoms with van der Waals surface area (Å²) in [6, 6.07) is 3.76. The molecule has 1 fully saturated rings. The van der Waals surface area contributed by atoms with Gasteiger partial charge in [0.1, 0.15) is 12.1 Å². The molecule has 2 N–H and O–H groups in total. The minimum Gasteiger partial charge on any atom is -0.493 e. The predicted molar refractivity (Wildman–Crippen MR) is 129 cm³/mol. The van der Waals surface area contributed by atoms with E-state index in [2.05, 4.69) is 15.2 Å². The number of aliphatic hydroxyl groups excluding tert-OH is 1. The second-order valence-electron chi connectivity index (χ2n) is 8.45. The van der Waals surface area contributed by atoms with Gasteiger partial charge in [0.2, 0.25) is 11.7 Å². The summed E-state index contributed by atoms with van der Waals surface area (Å²) in [5.74, 6) is 3.53. The molecule has 1 aromatic carbocycles. The standard InChI is InChI=1S/C24H30N6O5/c1-32-19-9-16(10-20(33-2)22(19)34-3)29-11-21(25-14-29)27-24-26-18-6-8-35-13-17(18)23(28-24)30-7-4-5-15(30)12-31/h9-11,14-15,31H,4-8,12-13H2,1-3H3,(H,26,27,28). The third-order valence-electron chi connectivity index (χ3n) is 6.43. The molecular weight excluding hydrogens is 452 g/mol. The number of benzene rings is 1. The average Bonchev–Trinajstić information content (AvgIpc) is 3.57. The molecule has 2 aliphatic rings. The maximum absolute atomic E-state index is 9.85. The molecule has 0 bridgehead atoms. The van der Waals surface area contributed by atoms with Crippen molar-refractivity contribution in [3.05, 3.63) is 35.9 Å². The van der Waals surface area contributed by atoms with Crippen molar-refractivity contribution in [1.29, 1.82) is 0 Å². The lowest BCUT2D eigenvalue weighted by Crippen LogP contribution is -2.34. The molecule has 3 aromatic rings. The van der Waals surface area contributed by atoms with Gasteiger partial charge >= 0.3 is 0 Å². The van der Waals surface area contributed by atoms with Gasteiger partial charge in [0, 0.05) is 30.7 Å². The normalized spacial score (nSPS) is 17.3. The van der Waals surface area contributed by atoms with Gasteiger partial charge in [0.05, 0.1) is 64.8 Å². The minimum atomic E-state index is 0.0583. The van der Waals surface area contributed by atoms with Gasteiger partial charge in [-0.1, -0.05) is 0 Å². The van der Waals surface area contributed by atoms with E-state index in [-0.39, 0.29) is 12.6 Å². The van der Waals surface area contributed by atoms with Gasteiger partial charge in [0.15, 0.2) is 17.3 Å². The fraction of sp³-hybridized carbons (Fsp3) is 0.458. The van der Waals surface area contributed by atoms with Gasteiger partial charge in [-0.05, 0) is 12.8 Å². The van der Waals surface area contributed by atoms with Crippen molar-refractivity contribution in [2.45, 2.75) is 31.9 Å². The van der Waals surface area contributed by atoms with Crippen molar-refractivity contribution in [2.24, 2.45) is 0 Å². The van der Waals surface area contributed by atoms with E-state index in [0.29, 0.717) is 42.2 Å². The van der Waals surface area contributed by atoms with Gasteiger partial charge in [-0.15, -0.1) is 0 Å². The van der Waals surface area contributed by atoms with Crippen LogP contribution >= 0.6 is 0 Å². The van der Waals surface area contributed by atoms with E-state index in [1.54, 1.807) is 27.7 Å². The molecular formula is C24H30N6O5. The van der Waals surface area contributed by atoms with E-state index in [9.17, 15) is 5.11 Å². The average molecular weight is 483 g/mol. The summed E-state index contributed by atoms with van der Waals surface area (Å²) in [7, 11) is 4.74. The van der Waals surface area contributed by atoms with Gasteiger partial charge < -0.3 is 38.8 Å². The Morgan fingerprint density at radius 2 is 1.94 bits per heavy atom. The summed E-state index contributed by atoms with van der Waals surface area (Å²) in [6.45, 7) is 2.06. The second kappa shape index (κ2) is 9.96. The van der Waals surface area contributed by atoms with E-state index >= 15 is 0 Å². The summed E-state index contributed by atoms with van der Waals surface area (Å²) < 4.78 is 23.9. The molecule has 1 saturated heterocycles. The topological polar surface area (TPSA) is 116 Å². The number of nitrogens with zero attached hydrogens (tertiary/aromatic N) is 5. The lowest BCUT2D eigenvalue weighted by atomic mass is 10.1. The molecule has 11 nitrogen and oxygen atoms in total. The lowest BCUT2D eigenvalue weighted by molar-refractivity contribution is 0.109. The Morgan fingerprint density at radius 3 is 2.66 bits per heavy atom. The molecule has 2 aromatic heterocycles. The van der Waals surface area contributed by atoms with E-state index in [1.807, 2.05) is 22.9 Å². The number of nitrogens with one attached hydrogen (secondary N) is 1. The maximum atomic E-state index is 9.85. The number of fused-ring (bicyclic) bond motifs is 1. The van der Waals surface area contributed by atoms with Crippen LogP contribution in [-0.2, 0) is 17.8 Å². The molecule has 0 amide bonds. The smallest absolute Gasteiger partial charge is 0.230 e. The van der Waals surface area contributed by atoms with E-state index < -0.39 is 0 Å². The number of ether oxygens (including phenoxy) is 4. The largest absolute Gasteiger partial charge is 0.493 e. The Labute approximate surface area is 203 Å². The van der Waals surface area contributed by atoms with Gasteiger partial charge in [-0.3, -0.25) is 0 Å². The highest BCUT2D eigenvalue weighted by molar-refractivity contribution is 5.60. The SMILES string of the molecule is COc1cc(-n2cnc(Nc3nc4c(c(N5CCCC5CO)n3)COCC4)c2)cc(OC)c1OC. The first kappa shape index (κ1) is 23.2. The summed E-state index contributed by atoms with van der Waals surface area (Å²) in [4.78, 5) is 16.2. The number of hydrogen-bond donors (Lipinski definition) is 2. The molecule has 0 saturated carbocycles. The van der Waals surface area contributed by atoms with Crippen LogP contribution in [0.2, 0.25) is 0 Å². The van der Waals surface area contributed by atoms with Crippen molar-refractivity contribution in [3.63, 3.8) is 0 Å². The molecule has 0 spiro atoms. The van der Waals surface area contributed by atoms with E-state index in [1.165, 1.54) is 0 Å². The monoisotopic (exact) mass is 482 g/mol. The molecule has 4 heterocycles. The molecule has 0 aliphatic carbocycles. The summed E-state index contributed by atoms with van der Waals surface area (Å²) in [5.41, 5.74) is 2.77. The highest BCUT2D eigenvalue weighted by Crippen LogP contribution is 2.39. The zero-order valence-corrected chi connectivity index (χ0v) is 20.2. The summed E-state index contributed by atoms with van der Waals surface area (Å²) >= 11 is 0. The number of aromatic nitrogens is 4. The van der Waals surface area contributed by atoms with Crippen molar-refractivity contribution < 1.29 is 24.1 Å². The molecule has 1 atom stereocenters. The number of anilines is 3. The minimum absolute atomic E-state index is 0.0583. The second-order valence-corrected chi connectivity index (χ2v) is 8.45. The Bertz CT molecular complexity index is 1170. The first-order chi connectivity index (χ1) is 17.1. The number of imidazole rings is 1.